The van der Waals surface area contributed by atoms with Gasteiger partial charge < -0.3 is 4.74 Å². The van der Waals surface area contributed by atoms with Crippen LogP contribution in [0.25, 0.3) is 0 Å². The minimum absolute atomic E-state index is 0.0589. The second kappa shape index (κ2) is 5.40. The molecule has 1 aliphatic heterocycles. The molecule has 0 aliphatic carbocycles. The maximum atomic E-state index is 11.5. The van der Waals surface area contributed by atoms with E-state index in [2.05, 4.69) is 6.92 Å². The van der Waals surface area contributed by atoms with Gasteiger partial charge in [0.1, 0.15) is 0 Å². The van der Waals surface area contributed by atoms with Crippen LogP contribution in [0.3, 0.4) is 0 Å². The Balaban J connectivity index is 2.53. The van der Waals surface area contributed by atoms with Crippen LogP contribution in [0.1, 0.15) is 26.7 Å². The van der Waals surface area contributed by atoms with E-state index in [9.17, 15) is 4.79 Å². The summed E-state index contributed by atoms with van der Waals surface area (Å²) in [5.74, 6) is 0. The Morgan fingerprint density at radius 3 is 2.87 bits per heavy atom. The van der Waals surface area contributed by atoms with E-state index in [4.69, 9.17) is 10.00 Å². The minimum Gasteiger partial charge on any atom is -0.450 e. The molecular formula is C11H16N2O2. The number of carbonyl (C=O) groups excluding carboxylic acids is 1. The molecule has 82 valence electrons. The summed E-state index contributed by atoms with van der Waals surface area (Å²) >= 11 is 0. The Morgan fingerprint density at radius 2 is 2.33 bits per heavy atom. The van der Waals surface area contributed by atoms with Gasteiger partial charge in [0.05, 0.1) is 24.8 Å². The fourth-order valence-corrected chi connectivity index (χ4v) is 1.72. The first-order valence-corrected chi connectivity index (χ1v) is 5.27. The summed E-state index contributed by atoms with van der Waals surface area (Å²) in [5.41, 5.74) is 0. The molecule has 0 spiro atoms. The number of nitrogens with zero attached hydrogens (tertiary/aromatic N) is 2. The van der Waals surface area contributed by atoms with Crippen LogP contribution in [0, 0.1) is 11.3 Å². The molecule has 0 aromatic heterocycles. The summed E-state index contributed by atoms with van der Waals surface area (Å²) in [7, 11) is 0. The molecule has 2 atom stereocenters. The number of carbonyl (C=O) groups is 1. The van der Waals surface area contributed by atoms with Crippen LogP contribution in [0.4, 0.5) is 4.79 Å². The van der Waals surface area contributed by atoms with Crippen LogP contribution < -0.4 is 0 Å². The minimum atomic E-state index is -0.275. The third kappa shape index (κ3) is 2.72. The summed E-state index contributed by atoms with van der Waals surface area (Å²) in [4.78, 5) is 13.1. The quantitative estimate of drug-likeness (QED) is 0.525. The molecular weight excluding hydrogens is 192 g/mol. The van der Waals surface area contributed by atoms with Crippen molar-refractivity contribution in [2.45, 2.75) is 38.8 Å². The van der Waals surface area contributed by atoms with Crippen molar-refractivity contribution < 1.29 is 9.53 Å². The summed E-state index contributed by atoms with van der Waals surface area (Å²) in [6, 6.07) is 2.21. The Hall–Kier alpha value is -1.50. The fraction of sp³-hybridized carbons (Fsp3) is 0.636. The number of nitriles is 1. The van der Waals surface area contributed by atoms with E-state index in [1.807, 2.05) is 6.07 Å². The Bertz CT molecular complexity index is 293. The number of hydrogen-bond acceptors (Lipinski definition) is 3. The van der Waals surface area contributed by atoms with Gasteiger partial charge in [0.2, 0.25) is 0 Å². The maximum Gasteiger partial charge on any atom is 0.410 e. The maximum absolute atomic E-state index is 11.5. The van der Waals surface area contributed by atoms with Gasteiger partial charge >= 0.3 is 6.09 Å². The molecule has 0 unspecified atom stereocenters. The van der Waals surface area contributed by atoms with Crippen molar-refractivity contribution in [2.24, 2.45) is 0 Å². The standard InChI is InChI=1S/C11H16N2O2/c1-3-6-9-10(7-5-8-12)13(9)11(14)15-4-2/h5,7,9-10H,3-4,6H2,1-2H3/b7-5+/t9-,10-,13?/m1/s1. The third-order valence-corrected chi connectivity index (χ3v) is 2.41. The van der Waals surface area contributed by atoms with E-state index in [-0.39, 0.29) is 18.2 Å². The molecule has 1 heterocycles. The molecule has 1 aliphatic rings. The lowest BCUT2D eigenvalue weighted by molar-refractivity contribution is 0.133. The summed E-state index contributed by atoms with van der Waals surface area (Å²) in [6.45, 7) is 4.26. The summed E-state index contributed by atoms with van der Waals surface area (Å²) in [6.07, 6.45) is 4.89. The fourth-order valence-electron chi connectivity index (χ4n) is 1.72. The lowest BCUT2D eigenvalue weighted by Crippen LogP contribution is -2.16. The van der Waals surface area contributed by atoms with E-state index in [1.165, 1.54) is 6.08 Å². The second-order valence-corrected chi connectivity index (χ2v) is 3.44. The molecule has 0 saturated carbocycles. The lowest BCUT2D eigenvalue weighted by atomic mass is 10.2. The highest BCUT2D eigenvalue weighted by Gasteiger charge is 2.49. The van der Waals surface area contributed by atoms with Crippen molar-refractivity contribution in [2.75, 3.05) is 6.61 Å². The molecule has 1 fully saturated rings. The van der Waals surface area contributed by atoms with Crippen LogP contribution in [-0.2, 0) is 4.74 Å². The topological polar surface area (TPSA) is 53.1 Å². The number of amides is 1. The average Bonchev–Trinajstić information content (AvgIpc) is 2.89. The summed E-state index contributed by atoms with van der Waals surface area (Å²) < 4.78 is 4.92. The van der Waals surface area contributed by atoms with E-state index in [1.54, 1.807) is 17.9 Å². The Labute approximate surface area is 90.1 Å². The van der Waals surface area contributed by atoms with E-state index >= 15 is 0 Å². The van der Waals surface area contributed by atoms with Crippen molar-refractivity contribution in [1.82, 2.24) is 4.90 Å². The number of hydrogen-bond donors (Lipinski definition) is 0. The van der Waals surface area contributed by atoms with Crippen molar-refractivity contribution in [3.05, 3.63) is 12.2 Å². The van der Waals surface area contributed by atoms with Gasteiger partial charge in [0, 0.05) is 6.08 Å². The average molecular weight is 208 g/mol. The normalized spacial score (nSPS) is 23.9. The molecule has 15 heavy (non-hydrogen) atoms. The highest BCUT2D eigenvalue weighted by atomic mass is 16.6. The smallest absolute Gasteiger partial charge is 0.410 e. The zero-order chi connectivity index (χ0) is 11.3. The monoisotopic (exact) mass is 208 g/mol. The van der Waals surface area contributed by atoms with Crippen LogP contribution >= 0.6 is 0 Å². The van der Waals surface area contributed by atoms with Gasteiger partial charge in [-0.15, -0.1) is 0 Å². The molecule has 1 amide bonds. The molecule has 0 N–H and O–H groups in total. The van der Waals surface area contributed by atoms with Crippen molar-refractivity contribution >= 4 is 6.09 Å². The molecule has 0 bridgehead atoms. The van der Waals surface area contributed by atoms with Crippen LogP contribution in [-0.4, -0.2) is 29.7 Å². The largest absolute Gasteiger partial charge is 0.450 e. The van der Waals surface area contributed by atoms with Gasteiger partial charge in [-0.3, -0.25) is 4.90 Å². The predicted molar refractivity (Wildman–Crippen MR) is 56.1 cm³/mol. The molecule has 1 saturated heterocycles. The predicted octanol–water partition coefficient (Wildman–Crippen LogP) is 2.08. The summed E-state index contributed by atoms with van der Waals surface area (Å²) in [5, 5.41) is 8.42. The van der Waals surface area contributed by atoms with Gasteiger partial charge in [0.25, 0.3) is 0 Å². The van der Waals surface area contributed by atoms with Crippen molar-refractivity contribution in [3.8, 4) is 6.07 Å². The molecule has 0 aromatic carbocycles. The highest BCUT2D eigenvalue weighted by molar-refractivity contribution is 5.72. The van der Waals surface area contributed by atoms with Gasteiger partial charge in [-0.05, 0) is 19.4 Å². The van der Waals surface area contributed by atoms with Gasteiger partial charge in [0.15, 0.2) is 0 Å². The number of allylic oxidation sites excluding steroid dienone is 1. The van der Waals surface area contributed by atoms with Crippen molar-refractivity contribution in [3.63, 3.8) is 0 Å². The van der Waals surface area contributed by atoms with Crippen molar-refractivity contribution in [1.29, 1.82) is 5.26 Å². The zero-order valence-electron chi connectivity index (χ0n) is 9.14. The molecule has 1 rings (SSSR count). The first-order valence-electron chi connectivity index (χ1n) is 5.27. The lowest BCUT2D eigenvalue weighted by Gasteiger charge is -2.03. The van der Waals surface area contributed by atoms with E-state index < -0.39 is 0 Å². The molecule has 4 nitrogen and oxygen atoms in total. The first kappa shape index (κ1) is 11.6. The number of ether oxygens (including phenoxy) is 1. The Kier molecular flexibility index (Phi) is 4.17. The number of rotatable bonds is 4. The second-order valence-electron chi connectivity index (χ2n) is 3.44. The Morgan fingerprint density at radius 1 is 1.60 bits per heavy atom. The highest BCUT2D eigenvalue weighted by Crippen LogP contribution is 2.33. The van der Waals surface area contributed by atoms with E-state index in [0.29, 0.717) is 6.61 Å². The van der Waals surface area contributed by atoms with Crippen LogP contribution in [0.5, 0.6) is 0 Å². The molecule has 0 radical (unpaired) electrons. The van der Waals surface area contributed by atoms with Gasteiger partial charge in [-0.1, -0.05) is 13.3 Å². The van der Waals surface area contributed by atoms with Crippen LogP contribution in [0.2, 0.25) is 0 Å². The van der Waals surface area contributed by atoms with E-state index in [0.717, 1.165) is 12.8 Å². The van der Waals surface area contributed by atoms with Crippen LogP contribution in [0.15, 0.2) is 12.2 Å². The van der Waals surface area contributed by atoms with Gasteiger partial charge in [-0.25, -0.2) is 4.79 Å². The molecule has 0 aromatic rings. The third-order valence-electron chi connectivity index (χ3n) is 2.41. The zero-order valence-corrected chi connectivity index (χ0v) is 9.14. The first-order chi connectivity index (χ1) is 7.26. The van der Waals surface area contributed by atoms with Gasteiger partial charge in [-0.2, -0.15) is 5.26 Å². The SMILES string of the molecule is CCC[C@@H]1[C@@H](/C=C/C#N)N1C(=O)OCC. The molecule has 4 heteroatoms.